The van der Waals surface area contributed by atoms with Crippen molar-refractivity contribution in [3.05, 3.63) is 34.2 Å². The van der Waals surface area contributed by atoms with Gasteiger partial charge in [0.2, 0.25) is 5.91 Å². The lowest BCUT2D eigenvalue weighted by molar-refractivity contribution is -0.119. The number of likely N-dealkylation sites (N-methyl/N-ethyl adjacent to an activating group) is 1. The number of fused-ring (bicyclic) bond motifs is 1. The van der Waals surface area contributed by atoms with Crippen molar-refractivity contribution in [3.8, 4) is 11.3 Å². The van der Waals surface area contributed by atoms with E-state index in [1.807, 2.05) is 11.8 Å². The molecule has 1 aromatic carbocycles. The molecular formula is C19H23N3OS. The summed E-state index contributed by atoms with van der Waals surface area (Å²) in [5.41, 5.74) is 4.53. The summed E-state index contributed by atoms with van der Waals surface area (Å²) in [7, 11) is 2.06. The lowest BCUT2D eigenvalue weighted by atomic mass is 10.1. The fraction of sp³-hybridized carbons (Fsp3) is 0.474. The minimum atomic E-state index is 0.217. The van der Waals surface area contributed by atoms with Crippen LogP contribution in [-0.4, -0.2) is 42.5 Å². The number of hydrogen-bond acceptors (Lipinski definition) is 4. The molecule has 126 valence electrons. The summed E-state index contributed by atoms with van der Waals surface area (Å²) in [6.45, 7) is 4.39. The Morgan fingerprint density at radius 1 is 1.42 bits per heavy atom. The van der Waals surface area contributed by atoms with Crippen LogP contribution in [0.15, 0.2) is 23.6 Å². The van der Waals surface area contributed by atoms with E-state index in [2.05, 4.69) is 40.5 Å². The normalized spacial score (nSPS) is 16.7. The largest absolute Gasteiger partial charge is 0.311 e. The van der Waals surface area contributed by atoms with E-state index < -0.39 is 0 Å². The zero-order valence-corrected chi connectivity index (χ0v) is 15.1. The van der Waals surface area contributed by atoms with Crippen LogP contribution in [0.25, 0.3) is 11.3 Å². The number of hydrogen-bond donors (Lipinski definition) is 0. The van der Waals surface area contributed by atoms with Crippen molar-refractivity contribution in [1.82, 2.24) is 9.88 Å². The molecule has 2 aliphatic rings. The molecule has 1 aliphatic carbocycles. The summed E-state index contributed by atoms with van der Waals surface area (Å²) >= 11 is 1.67. The maximum absolute atomic E-state index is 12.7. The van der Waals surface area contributed by atoms with E-state index in [0.29, 0.717) is 6.54 Å². The predicted molar refractivity (Wildman–Crippen MR) is 98.6 cm³/mol. The van der Waals surface area contributed by atoms with Crippen molar-refractivity contribution >= 4 is 22.9 Å². The van der Waals surface area contributed by atoms with Crippen molar-refractivity contribution in [2.45, 2.75) is 26.2 Å². The number of aromatic nitrogens is 1. The molecule has 2 heterocycles. The third kappa shape index (κ3) is 3.23. The first kappa shape index (κ1) is 15.8. The molecule has 1 amide bonds. The topological polar surface area (TPSA) is 36.4 Å². The lowest BCUT2D eigenvalue weighted by Gasteiger charge is -2.22. The molecule has 0 N–H and O–H groups in total. The number of thiazole rings is 1. The lowest BCUT2D eigenvalue weighted by Crippen LogP contribution is -2.38. The number of rotatable bonds is 5. The van der Waals surface area contributed by atoms with Gasteiger partial charge in [0.15, 0.2) is 0 Å². The molecule has 1 fully saturated rings. The predicted octanol–water partition coefficient (Wildman–Crippen LogP) is 3.35. The van der Waals surface area contributed by atoms with E-state index in [-0.39, 0.29) is 5.91 Å². The molecule has 2 aromatic rings. The molecule has 1 aromatic heterocycles. The second-order valence-corrected chi connectivity index (χ2v) is 8.09. The highest BCUT2D eigenvalue weighted by Crippen LogP contribution is 2.33. The van der Waals surface area contributed by atoms with Gasteiger partial charge in [0.25, 0.3) is 0 Å². The molecule has 1 saturated carbocycles. The van der Waals surface area contributed by atoms with Crippen molar-refractivity contribution in [3.63, 3.8) is 0 Å². The van der Waals surface area contributed by atoms with Crippen LogP contribution in [0.3, 0.4) is 0 Å². The number of anilines is 1. The summed E-state index contributed by atoms with van der Waals surface area (Å²) in [4.78, 5) is 21.3. The Morgan fingerprint density at radius 2 is 2.25 bits per heavy atom. The van der Waals surface area contributed by atoms with Gasteiger partial charge in [-0.2, -0.15) is 0 Å². The van der Waals surface area contributed by atoms with E-state index in [0.717, 1.165) is 47.4 Å². The van der Waals surface area contributed by atoms with Crippen LogP contribution < -0.4 is 4.90 Å². The number of benzene rings is 1. The molecular weight excluding hydrogens is 318 g/mol. The maximum Gasteiger partial charge on any atom is 0.241 e. The minimum Gasteiger partial charge on any atom is -0.311 e. The van der Waals surface area contributed by atoms with E-state index in [1.165, 1.54) is 18.4 Å². The zero-order chi connectivity index (χ0) is 16.7. The summed E-state index contributed by atoms with van der Waals surface area (Å²) in [6.07, 6.45) is 3.58. The van der Waals surface area contributed by atoms with Gasteiger partial charge >= 0.3 is 0 Å². The standard InChI is InChI=1S/C19H23N3OS/c1-13-20-17(12-24-13)15-5-6-18-16(9-15)7-8-22(18)19(23)11-21(2)10-14-3-4-14/h5-6,9,12,14H,3-4,7-8,10-11H2,1-2H3. The average Bonchev–Trinajstić information content (AvgIpc) is 3.09. The van der Waals surface area contributed by atoms with Crippen molar-refractivity contribution in [1.29, 1.82) is 0 Å². The Hall–Kier alpha value is -1.72. The van der Waals surface area contributed by atoms with E-state index in [4.69, 9.17) is 0 Å². The van der Waals surface area contributed by atoms with Gasteiger partial charge in [0.05, 0.1) is 17.2 Å². The highest BCUT2D eigenvalue weighted by Gasteiger charge is 2.28. The van der Waals surface area contributed by atoms with Gasteiger partial charge in [0.1, 0.15) is 0 Å². The second-order valence-electron chi connectivity index (χ2n) is 7.03. The highest BCUT2D eigenvalue weighted by molar-refractivity contribution is 7.09. The molecule has 4 rings (SSSR count). The monoisotopic (exact) mass is 341 g/mol. The van der Waals surface area contributed by atoms with Crippen molar-refractivity contribution < 1.29 is 4.79 Å². The zero-order valence-electron chi connectivity index (χ0n) is 14.3. The first-order chi connectivity index (χ1) is 11.6. The molecule has 5 heteroatoms. The molecule has 0 saturated heterocycles. The summed E-state index contributed by atoms with van der Waals surface area (Å²) in [6, 6.07) is 6.38. The number of amides is 1. The molecule has 0 unspecified atom stereocenters. The van der Waals surface area contributed by atoms with E-state index >= 15 is 0 Å². The van der Waals surface area contributed by atoms with E-state index in [1.54, 1.807) is 11.3 Å². The van der Waals surface area contributed by atoms with Crippen molar-refractivity contribution in [2.24, 2.45) is 5.92 Å². The van der Waals surface area contributed by atoms with Gasteiger partial charge in [-0.1, -0.05) is 6.07 Å². The van der Waals surface area contributed by atoms with Crippen LogP contribution in [0, 0.1) is 12.8 Å². The third-order valence-electron chi connectivity index (χ3n) is 4.86. The minimum absolute atomic E-state index is 0.217. The molecule has 4 nitrogen and oxygen atoms in total. The van der Waals surface area contributed by atoms with Gasteiger partial charge in [0, 0.05) is 29.7 Å². The van der Waals surface area contributed by atoms with Crippen LogP contribution in [-0.2, 0) is 11.2 Å². The fourth-order valence-corrected chi connectivity index (χ4v) is 4.06. The van der Waals surface area contributed by atoms with Crippen LogP contribution in [0.4, 0.5) is 5.69 Å². The summed E-state index contributed by atoms with van der Waals surface area (Å²) in [5.74, 6) is 1.03. The number of carbonyl (C=O) groups excluding carboxylic acids is 1. The van der Waals surface area contributed by atoms with Crippen LogP contribution in [0.1, 0.15) is 23.4 Å². The molecule has 0 bridgehead atoms. The SMILES string of the molecule is Cc1nc(-c2ccc3c(c2)CCN3C(=O)CN(C)CC2CC2)cs1. The van der Waals surface area contributed by atoms with Gasteiger partial charge in [-0.15, -0.1) is 11.3 Å². The number of aryl methyl sites for hydroxylation is 1. The molecule has 1 aliphatic heterocycles. The second kappa shape index (κ2) is 6.30. The molecule has 0 spiro atoms. The third-order valence-corrected chi connectivity index (χ3v) is 5.64. The Balaban J connectivity index is 1.48. The van der Waals surface area contributed by atoms with Gasteiger partial charge in [-0.25, -0.2) is 4.98 Å². The van der Waals surface area contributed by atoms with Crippen LogP contribution in [0.5, 0.6) is 0 Å². The van der Waals surface area contributed by atoms with Gasteiger partial charge in [-0.3, -0.25) is 9.69 Å². The highest BCUT2D eigenvalue weighted by atomic mass is 32.1. The van der Waals surface area contributed by atoms with Crippen molar-refractivity contribution in [2.75, 3.05) is 31.6 Å². The smallest absolute Gasteiger partial charge is 0.241 e. The van der Waals surface area contributed by atoms with Crippen LogP contribution in [0.2, 0.25) is 0 Å². The molecule has 0 radical (unpaired) electrons. The maximum atomic E-state index is 12.7. The Morgan fingerprint density at radius 3 is 2.96 bits per heavy atom. The molecule has 0 atom stereocenters. The first-order valence-corrected chi connectivity index (χ1v) is 9.52. The summed E-state index contributed by atoms with van der Waals surface area (Å²) in [5, 5.41) is 3.18. The Kier molecular flexibility index (Phi) is 4.14. The van der Waals surface area contributed by atoms with Gasteiger partial charge < -0.3 is 4.90 Å². The Bertz CT molecular complexity index is 766. The summed E-state index contributed by atoms with van der Waals surface area (Å²) < 4.78 is 0. The number of carbonyl (C=O) groups is 1. The number of nitrogens with zero attached hydrogens (tertiary/aromatic N) is 3. The van der Waals surface area contributed by atoms with Gasteiger partial charge in [-0.05, 0) is 56.8 Å². The van der Waals surface area contributed by atoms with Crippen LogP contribution >= 0.6 is 11.3 Å². The van der Waals surface area contributed by atoms with E-state index in [9.17, 15) is 4.79 Å². The Labute approximate surface area is 147 Å². The first-order valence-electron chi connectivity index (χ1n) is 8.64. The average molecular weight is 341 g/mol. The fourth-order valence-electron chi connectivity index (χ4n) is 3.44. The molecule has 24 heavy (non-hydrogen) atoms. The quantitative estimate of drug-likeness (QED) is 0.837.